The van der Waals surface area contributed by atoms with E-state index < -0.39 is 0 Å². The number of anilines is 1. The van der Waals surface area contributed by atoms with Gasteiger partial charge in [-0.25, -0.2) is 9.97 Å². The van der Waals surface area contributed by atoms with Crippen molar-refractivity contribution in [1.29, 1.82) is 0 Å². The average molecular weight is 364 g/mol. The first-order chi connectivity index (χ1) is 12.7. The number of H-pyrrole nitrogens is 1. The number of nitrogens with zero attached hydrogens (tertiary/aromatic N) is 2. The summed E-state index contributed by atoms with van der Waals surface area (Å²) in [5.41, 5.74) is 2.90. The summed E-state index contributed by atoms with van der Waals surface area (Å²) >= 11 is 1.60. The number of nitrogens with one attached hydrogen (secondary N) is 2. The van der Waals surface area contributed by atoms with E-state index in [1.807, 2.05) is 30.3 Å². The van der Waals surface area contributed by atoms with Gasteiger partial charge in [-0.3, -0.25) is 4.79 Å². The van der Waals surface area contributed by atoms with Gasteiger partial charge in [0.2, 0.25) is 0 Å². The highest BCUT2D eigenvalue weighted by atomic mass is 32.2. The number of hydrogen-bond acceptors (Lipinski definition) is 5. The van der Waals surface area contributed by atoms with E-state index in [4.69, 9.17) is 4.42 Å². The number of thioether (sulfide) groups is 1. The van der Waals surface area contributed by atoms with Crippen LogP contribution >= 0.6 is 11.8 Å². The van der Waals surface area contributed by atoms with Gasteiger partial charge in [-0.15, -0.1) is 11.8 Å². The summed E-state index contributed by atoms with van der Waals surface area (Å²) < 4.78 is 5.36. The van der Waals surface area contributed by atoms with E-state index in [-0.39, 0.29) is 5.91 Å². The smallest absolute Gasteiger partial charge is 0.255 e. The molecule has 0 atom stereocenters. The minimum Gasteiger partial charge on any atom is -0.461 e. The van der Waals surface area contributed by atoms with Gasteiger partial charge in [0.25, 0.3) is 5.91 Å². The van der Waals surface area contributed by atoms with Gasteiger partial charge < -0.3 is 14.7 Å². The summed E-state index contributed by atoms with van der Waals surface area (Å²) in [5, 5.41) is 3.76. The molecule has 7 heteroatoms. The lowest BCUT2D eigenvalue weighted by molar-refractivity contribution is 0.102. The Labute approximate surface area is 154 Å². The normalized spacial score (nSPS) is 11.0. The topological polar surface area (TPSA) is 83.8 Å². The number of imidazole rings is 1. The van der Waals surface area contributed by atoms with E-state index in [9.17, 15) is 4.79 Å². The molecule has 4 rings (SSSR count). The van der Waals surface area contributed by atoms with Gasteiger partial charge in [0.1, 0.15) is 0 Å². The van der Waals surface area contributed by atoms with E-state index in [0.29, 0.717) is 22.8 Å². The van der Waals surface area contributed by atoms with Crippen molar-refractivity contribution in [2.24, 2.45) is 0 Å². The number of amides is 1. The number of hydrogen-bond donors (Lipinski definition) is 2. The lowest BCUT2D eigenvalue weighted by Gasteiger charge is -2.06. The molecule has 3 heterocycles. The predicted octanol–water partition coefficient (Wildman–Crippen LogP) is 4.58. The molecule has 1 aromatic carbocycles. The van der Waals surface area contributed by atoms with Gasteiger partial charge in [-0.05, 0) is 48.2 Å². The van der Waals surface area contributed by atoms with Crippen LogP contribution in [0.4, 0.5) is 5.69 Å². The standard InChI is InChI=1S/C19H16N4O2S/c1-2-26-17-10-12(7-8-20-17)19(24)21-13-5-6-14-15(11-13)23-18(22-14)16-4-3-9-25-16/h3-11H,2H2,1H3,(H,21,24)(H,22,23). The molecule has 0 spiro atoms. The summed E-state index contributed by atoms with van der Waals surface area (Å²) in [4.78, 5) is 24.5. The Bertz CT molecular complexity index is 1060. The fraction of sp³-hybridized carbons (Fsp3) is 0.105. The zero-order valence-corrected chi connectivity index (χ0v) is 14.8. The average Bonchev–Trinajstić information content (AvgIpc) is 3.31. The highest BCUT2D eigenvalue weighted by molar-refractivity contribution is 7.99. The molecular weight excluding hydrogens is 348 g/mol. The Morgan fingerprint density at radius 2 is 2.19 bits per heavy atom. The third kappa shape index (κ3) is 3.34. The molecular formula is C19H16N4O2S. The summed E-state index contributed by atoms with van der Waals surface area (Å²) in [6, 6.07) is 12.7. The van der Waals surface area contributed by atoms with Crippen LogP contribution in [0.5, 0.6) is 0 Å². The number of pyridine rings is 1. The van der Waals surface area contributed by atoms with E-state index in [2.05, 4.69) is 27.2 Å². The Morgan fingerprint density at radius 1 is 1.27 bits per heavy atom. The second kappa shape index (κ2) is 7.05. The molecule has 0 aliphatic rings. The number of furan rings is 1. The molecule has 0 aliphatic heterocycles. The number of fused-ring (bicyclic) bond motifs is 1. The minimum atomic E-state index is -0.171. The largest absolute Gasteiger partial charge is 0.461 e. The summed E-state index contributed by atoms with van der Waals surface area (Å²) in [7, 11) is 0. The van der Waals surface area contributed by atoms with Crippen molar-refractivity contribution < 1.29 is 9.21 Å². The Kier molecular flexibility index (Phi) is 4.45. The molecule has 4 aromatic rings. The molecule has 26 heavy (non-hydrogen) atoms. The van der Waals surface area contributed by atoms with Gasteiger partial charge in [0, 0.05) is 17.4 Å². The number of carbonyl (C=O) groups is 1. The van der Waals surface area contributed by atoms with Crippen LogP contribution in [0.2, 0.25) is 0 Å². The third-order valence-corrected chi connectivity index (χ3v) is 4.59. The number of aromatic nitrogens is 3. The maximum absolute atomic E-state index is 12.5. The van der Waals surface area contributed by atoms with Crippen LogP contribution in [-0.4, -0.2) is 26.6 Å². The number of rotatable bonds is 5. The zero-order valence-electron chi connectivity index (χ0n) is 14.0. The highest BCUT2D eigenvalue weighted by Crippen LogP contribution is 2.23. The second-order valence-corrected chi connectivity index (χ2v) is 6.85. The minimum absolute atomic E-state index is 0.171. The summed E-state index contributed by atoms with van der Waals surface area (Å²) in [5.74, 6) is 2.07. The van der Waals surface area contributed by atoms with Gasteiger partial charge in [0.05, 0.1) is 22.3 Å². The van der Waals surface area contributed by atoms with Crippen LogP contribution in [0.25, 0.3) is 22.6 Å². The van der Waals surface area contributed by atoms with Crippen molar-refractivity contribution in [3.8, 4) is 11.6 Å². The van der Waals surface area contributed by atoms with Gasteiger partial charge >= 0.3 is 0 Å². The lowest BCUT2D eigenvalue weighted by atomic mass is 10.2. The van der Waals surface area contributed by atoms with Crippen LogP contribution in [0.3, 0.4) is 0 Å². The van der Waals surface area contributed by atoms with E-state index >= 15 is 0 Å². The van der Waals surface area contributed by atoms with Crippen LogP contribution in [-0.2, 0) is 0 Å². The molecule has 0 radical (unpaired) electrons. The van der Waals surface area contributed by atoms with Crippen LogP contribution < -0.4 is 5.32 Å². The molecule has 6 nitrogen and oxygen atoms in total. The van der Waals surface area contributed by atoms with Crippen LogP contribution in [0, 0.1) is 0 Å². The molecule has 0 fully saturated rings. The predicted molar refractivity (Wildman–Crippen MR) is 102 cm³/mol. The van der Waals surface area contributed by atoms with Gasteiger partial charge in [-0.1, -0.05) is 6.92 Å². The third-order valence-electron chi connectivity index (χ3n) is 3.78. The van der Waals surface area contributed by atoms with E-state index in [1.54, 1.807) is 36.4 Å². The van der Waals surface area contributed by atoms with E-state index in [0.717, 1.165) is 21.8 Å². The Hall–Kier alpha value is -3.06. The second-order valence-electron chi connectivity index (χ2n) is 5.56. The number of aromatic amines is 1. The molecule has 130 valence electrons. The maximum atomic E-state index is 12.5. The van der Waals surface area contributed by atoms with Crippen LogP contribution in [0.1, 0.15) is 17.3 Å². The fourth-order valence-corrected chi connectivity index (χ4v) is 3.24. The van der Waals surface area contributed by atoms with Crippen molar-refractivity contribution in [2.75, 3.05) is 11.1 Å². The molecule has 0 unspecified atom stereocenters. The number of carbonyl (C=O) groups excluding carboxylic acids is 1. The monoisotopic (exact) mass is 364 g/mol. The fourth-order valence-electron chi connectivity index (χ4n) is 2.60. The van der Waals surface area contributed by atoms with Crippen molar-refractivity contribution in [2.45, 2.75) is 11.9 Å². The summed E-state index contributed by atoms with van der Waals surface area (Å²) in [6.07, 6.45) is 3.26. The molecule has 0 saturated heterocycles. The molecule has 3 aromatic heterocycles. The first kappa shape index (κ1) is 16.4. The highest BCUT2D eigenvalue weighted by Gasteiger charge is 2.11. The number of benzene rings is 1. The molecule has 0 bridgehead atoms. The van der Waals surface area contributed by atoms with Gasteiger partial charge in [-0.2, -0.15) is 0 Å². The molecule has 0 aliphatic carbocycles. The lowest BCUT2D eigenvalue weighted by Crippen LogP contribution is -2.12. The Balaban J connectivity index is 1.57. The maximum Gasteiger partial charge on any atom is 0.255 e. The van der Waals surface area contributed by atoms with Crippen molar-refractivity contribution >= 4 is 34.4 Å². The van der Waals surface area contributed by atoms with Crippen molar-refractivity contribution in [3.05, 3.63) is 60.5 Å². The van der Waals surface area contributed by atoms with Crippen molar-refractivity contribution in [3.63, 3.8) is 0 Å². The first-order valence-corrected chi connectivity index (χ1v) is 9.15. The summed E-state index contributed by atoms with van der Waals surface area (Å²) in [6.45, 7) is 2.05. The molecule has 1 amide bonds. The van der Waals surface area contributed by atoms with E-state index in [1.165, 1.54) is 0 Å². The van der Waals surface area contributed by atoms with Gasteiger partial charge in [0.15, 0.2) is 11.6 Å². The van der Waals surface area contributed by atoms with Crippen molar-refractivity contribution in [1.82, 2.24) is 15.0 Å². The van der Waals surface area contributed by atoms with Crippen LogP contribution in [0.15, 0.2) is 64.4 Å². The first-order valence-electron chi connectivity index (χ1n) is 8.17. The SMILES string of the molecule is CCSc1cc(C(=O)Nc2ccc3nc(-c4ccco4)[nH]c3c2)ccn1. The molecule has 2 N–H and O–H groups in total. The molecule has 0 saturated carbocycles. The Morgan fingerprint density at radius 3 is 3.00 bits per heavy atom. The zero-order chi connectivity index (χ0) is 17.9. The quantitative estimate of drug-likeness (QED) is 0.506.